The Morgan fingerprint density at radius 1 is 1.23 bits per heavy atom. The van der Waals surface area contributed by atoms with E-state index in [0.29, 0.717) is 13.2 Å². The van der Waals surface area contributed by atoms with Crippen LogP contribution in [0.3, 0.4) is 0 Å². The van der Waals surface area contributed by atoms with Crippen molar-refractivity contribution in [1.82, 2.24) is 10.2 Å². The minimum absolute atomic E-state index is 0. The second-order valence-electron chi connectivity index (χ2n) is 4.90. The molecule has 0 saturated heterocycles. The van der Waals surface area contributed by atoms with Crippen LogP contribution >= 0.6 is 24.0 Å². The van der Waals surface area contributed by atoms with Gasteiger partial charge in [-0.05, 0) is 32.6 Å². The summed E-state index contributed by atoms with van der Waals surface area (Å²) in [4.78, 5) is 6.83. The number of nitrogens with one attached hydrogen (secondary N) is 1. The van der Waals surface area contributed by atoms with E-state index in [-0.39, 0.29) is 24.0 Å². The minimum Gasteiger partial charge on any atom is -0.382 e. The number of aliphatic imine (C=N–C) groups is 1. The van der Waals surface area contributed by atoms with Crippen molar-refractivity contribution >= 4 is 29.9 Å². The van der Waals surface area contributed by atoms with Gasteiger partial charge in [-0.25, -0.2) is 0 Å². The fourth-order valence-electron chi connectivity index (χ4n) is 1.79. The molecule has 0 unspecified atom stereocenters. The van der Waals surface area contributed by atoms with E-state index < -0.39 is 0 Å². The van der Waals surface area contributed by atoms with Crippen molar-refractivity contribution in [1.29, 1.82) is 0 Å². The number of guanidine groups is 1. The normalized spacial score (nSPS) is 11.0. The van der Waals surface area contributed by atoms with Crippen molar-refractivity contribution in [3.8, 4) is 0 Å². The van der Waals surface area contributed by atoms with E-state index in [4.69, 9.17) is 9.47 Å². The first-order valence-corrected chi connectivity index (χ1v) is 7.93. The molecule has 0 aliphatic carbocycles. The van der Waals surface area contributed by atoms with Crippen LogP contribution in [0.2, 0.25) is 0 Å². The Bertz CT molecular complexity index is 276. The van der Waals surface area contributed by atoms with E-state index in [1.807, 2.05) is 6.08 Å². The summed E-state index contributed by atoms with van der Waals surface area (Å²) in [7, 11) is 3.77. The van der Waals surface area contributed by atoms with E-state index in [0.717, 1.165) is 57.9 Å². The summed E-state index contributed by atoms with van der Waals surface area (Å²) >= 11 is 0. The van der Waals surface area contributed by atoms with Gasteiger partial charge in [-0.3, -0.25) is 4.99 Å². The van der Waals surface area contributed by atoms with E-state index in [1.54, 1.807) is 7.11 Å². The molecule has 0 aliphatic heterocycles. The molecule has 0 bridgehead atoms. The number of unbranched alkanes of at least 4 members (excludes halogenated alkanes) is 2. The van der Waals surface area contributed by atoms with Crippen molar-refractivity contribution in [2.24, 2.45) is 4.99 Å². The average Bonchev–Trinajstić information content (AvgIpc) is 2.49. The molecule has 0 aromatic rings. The second kappa shape index (κ2) is 18.7. The van der Waals surface area contributed by atoms with Crippen LogP contribution in [0.4, 0.5) is 0 Å². The van der Waals surface area contributed by atoms with E-state index in [9.17, 15) is 0 Å². The van der Waals surface area contributed by atoms with Gasteiger partial charge in [0.2, 0.25) is 0 Å². The van der Waals surface area contributed by atoms with Crippen molar-refractivity contribution in [3.63, 3.8) is 0 Å². The Kier molecular flexibility index (Phi) is 20.3. The molecule has 6 heteroatoms. The van der Waals surface area contributed by atoms with Gasteiger partial charge in [-0.2, -0.15) is 0 Å². The summed E-state index contributed by atoms with van der Waals surface area (Å²) in [5.41, 5.74) is 0. The molecule has 0 fully saturated rings. The predicted octanol–water partition coefficient (Wildman–Crippen LogP) is 2.91. The maximum Gasteiger partial charge on any atom is 0.193 e. The lowest BCUT2D eigenvalue weighted by Crippen LogP contribution is -2.39. The number of allylic oxidation sites excluding steroid dienone is 1. The number of rotatable bonds is 13. The standard InChI is InChI=1S/C16H33N3O2.HI/c1-5-7-9-12-19(3)16(17-6-2)18-11-8-10-13-21-15-14-20-4;/h5H,1,6-15H2,2-4H3,(H,17,18);1H. The van der Waals surface area contributed by atoms with Crippen LogP contribution < -0.4 is 5.32 Å². The molecule has 22 heavy (non-hydrogen) atoms. The molecule has 0 amide bonds. The third-order valence-electron chi connectivity index (χ3n) is 2.99. The van der Waals surface area contributed by atoms with Gasteiger partial charge in [-0.15, -0.1) is 30.6 Å². The molecule has 0 radical (unpaired) electrons. The smallest absolute Gasteiger partial charge is 0.193 e. The number of halogens is 1. The molecular formula is C16H34IN3O2. The first kappa shape index (κ1) is 23.9. The molecule has 0 heterocycles. The molecule has 0 spiro atoms. The molecule has 1 N–H and O–H groups in total. The number of ether oxygens (including phenoxy) is 2. The van der Waals surface area contributed by atoms with Crippen LogP contribution in [0.5, 0.6) is 0 Å². The monoisotopic (exact) mass is 427 g/mol. The highest BCUT2D eigenvalue weighted by molar-refractivity contribution is 14.0. The van der Waals surface area contributed by atoms with Crippen molar-refractivity contribution < 1.29 is 9.47 Å². The Balaban J connectivity index is 0. The largest absolute Gasteiger partial charge is 0.382 e. The van der Waals surface area contributed by atoms with Gasteiger partial charge in [0.25, 0.3) is 0 Å². The topological polar surface area (TPSA) is 46.1 Å². The summed E-state index contributed by atoms with van der Waals surface area (Å²) in [6.07, 6.45) is 6.19. The number of hydrogen-bond acceptors (Lipinski definition) is 3. The summed E-state index contributed by atoms with van der Waals surface area (Å²) in [6, 6.07) is 0. The Labute approximate surface area is 153 Å². The highest BCUT2D eigenvalue weighted by Gasteiger charge is 2.03. The number of methoxy groups -OCH3 is 1. The second-order valence-corrected chi connectivity index (χ2v) is 4.90. The molecule has 5 nitrogen and oxygen atoms in total. The summed E-state index contributed by atoms with van der Waals surface area (Å²) < 4.78 is 10.4. The van der Waals surface area contributed by atoms with Crippen LogP contribution in [0.15, 0.2) is 17.6 Å². The van der Waals surface area contributed by atoms with Crippen LogP contribution in [-0.2, 0) is 9.47 Å². The lowest BCUT2D eigenvalue weighted by molar-refractivity contribution is 0.0690. The molecule has 0 saturated carbocycles. The minimum atomic E-state index is 0. The van der Waals surface area contributed by atoms with Crippen LogP contribution in [0.25, 0.3) is 0 Å². The maximum absolute atomic E-state index is 5.43. The average molecular weight is 427 g/mol. The summed E-state index contributed by atoms with van der Waals surface area (Å²) in [6.45, 7) is 10.7. The lowest BCUT2D eigenvalue weighted by Gasteiger charge is -2.21. The molecule has 132 valence electrons. The lowest BCUT2D eigenvalue weighted by atomic mass is 10.3. The first-order chi connectivity index (χ1) is 10.3. The zero-order valence-corrected chi connectivity index (χ0v) is 16.8. The van der Waals surface area contributed by atoms with Gasteiger partial charge in [0.15, 0.2) is 5.96 Å². The molecule has 0 aromatic carbocycles. The van der Waals surface area contributed by atoms with Gasteiger partial charge in [0.1, 0.15) is 0 Å². The van der Waals surface area contributed by atoms with E-state index >= 15 is 0 Å². The predicted molar refractivity (Wildman–Crippen MR) is 105 cm³/mol. The zero-order chi connectivity index (χ0) is 15.8. The Morgan fingerprint density at radius 2 is 2.00 bits per heavy atom. The quantitative estimate of drug-likeness (QED) is 0.161. The number of hydrogen-bond donors (Lipinski definition) is 1. The van der Waals surface area contributed by atoms with E-state index in [2.05, 4.69) is 35.8 Å². The fraction of sp³-hybridized carbons (Fsp3) is 0.812. The Morgan fingerprint density at radius 3 is 2.64 bits per heavy atom. The molecular weight excluding hydrogens is 393 g/mol. The van der Waals surface area contributed by atoms with Gasteiger partial charge < -0.3 is 19.7 Å². The van der Waals surface area contributed by atoms with Gasteiger partial charge in [-0.1, -0.05) is 6.08 Å². The summed E-state index contributed by atoms with van der Waals surface area (Å²) in [5, 5.41) is 3.33. The van der Waals surface area contributed by atoms with Gasteiger partial charge in [0, 0.05) is 40.4 Å². The van der Waals surface area contributed by atoms with Crippen molar-refractivity contribution in [3.05, 3.63) is 12.7 Å². The first-order valence-electron chi connectivity index (χ1n) is 7.93. The van der Waals surface area contributed by atoms with Gasteiger partial charge >= 0.3 is 0 Å². The highest BCUT2D eigenvalue weighted by Crippen LogP contribution is 1.97. The highest BCUT2D eigenvalue weighted by atomic mass is 127. The number of nitrogens with zero attached hydrogens (tertiary/aromatic N) is 2. The van der Waals surface area contributed by atoms with Crippen LogP contribution in [-0.4, -0.2) is 64.5 Å². The fourth-order valence-corrected chi connectivity index (χ4v) is 1.79. The third-order valence-corrected chi connectivity index (χ3v) is 2.99. The Hall–Kier alpha value is -0.340. The van der Waals surface area contributed by atoms with Crippen molar-refractivity contribution in [2.75, 3.05) is 53.6 Å². The molecule has 0 atom stereocenters. The van der Waals surface area contributed by atoms with Crippen molar-refractivity contribution in [2.45, 2.75) is 32.6 Å². The van der Waals surface area contributed by atoms with E-state index in [1.165, 1.54) is 0 Å². The van der Waals surface area contributed by atoms with Crippen LogP contribution in [0.1, 0.15) is 32.6 Å². The molecule has 0 aliphatic rings. The van der Waals surface area contributed by atoms with Crippen LogP contribution in [0, 0.1) is 0 Å². The molecule has 0 rings (SSSR count). The molecule has 0 aromatic heterocycles. The zero-order valence-electron chi connectivity index (χ0n) is 14.5. The SMILES string of the molecule is C=CCCCN(C)C(=NCCCCOCCOC)NCC.I. The summed E-state index contributed by atoms with van der Waals surface area (Å²) in [5.74, 6) is 0.988. The third kappa shape index (κ3) is 14.6. The van der Waals surface area contributed by atoms with Gasteiger partial charge in [0.05, 0.1) is 13.2 Å². The maximum atomic E-state index is 5.43.